The van der Waals surface area contributed by atoms with Crippen molar-refractivity contribution in [3.8, 4) is 0 Å². The number of carbonyl (C=O) groups is 2. The fourth-order valence-electron chi connectivity index (χ4n) is 2.75. The number of aromatic carboxylic acids is 1. The summed E-state index contributed by atoms with van der Waals surface area (Å²) < 4.78 is 41.2. The van der Waals surface area contributed by atoms with E-state index in [9.17, 15) is 22.8 Å². The van der Waals surface area contributed by atoms with Crippen LogP contribution >= 0.6 is 0 Å². The number of carbonyl (C=O) groups excluding carboxylic acids is 1. The van der Waals surface area contributed by atoms with Crippen LogP contribution < -0.4 is 4.90 Å². The Morgan fingerprint density at radius 3 is 2.72 bits per heavy atom. The monoisotopic (exact) mass is 357 g/mol. The Kier molecular flexibility index (Phi) is 4.23. The number of halogens is 3. The molecule has 0 fully saturated rings. The predicted molar refractivity (Wildman–Crippen MR) is 78.1 cm³/mol. The molecule has 3 rings (SSSR count). The lowest BCUT2D eigenvalue weighted by molar-refractivity contribution is -0.172. The molecular weight excluding hydrogens is 343 g/mol. The lowest BCUT2D eigenvalue weighted by atomic mass is 10.1. The van der Waals surface area contributed by atoms with Gasteiger partial charge in [0.25, 0.3) is 0 Å². The molecule has 0 saturated heterocycles. The van der Waals surface area contributed by atoms with Gasteiger partial charge in [0.15, 0.2) is 11.7 Å². The molecule has 3 heterocycles. The van der Waals surface area contributed by atoms with Crippen LogP contribution in [-0.4, -0.2) is 49.3 Å². The first-order valence-corrected chi connectivity index (χ1v) is 7.44. The van der Waals surface area contributed by atoms with E-state index < -0.39 is 18.2 Å². The molecule has 0 radical (unpaired) electrons. The van der Waals surface area contributed by atoms with E-state index in [-0.39, 0.29) is 43.4 Å². The fraction of sp³-hybridized carbons (Fsp3) is 0.429. The van der Waals surface area contributed by atoms with Crippen LogP contribution in [0.1, 0.15) is 29.4 Å². The van der Waals surface area contributed by atoms with Gasteiger partial charge in [0, 0.05) is 31.8 Å². The molecule has 0 saturated carbocycles. The third-order valence-electron chi connectivity index (χ3n) is 3.94. The molecule has 2 aromatic rings. The molecular formula is C14H14F3N5O3. The minimum Gasteiger partial charge on any atom is -0.476 e. The Hall–Kier alpha value is -2.85. The maximum absolute atomic E-state index is 13.0. The smallest absolute Gasteiger partial charge is 0.410 e. The second kappa shape index (κ2) is 6.22. The van der Waals surface area contributed by atoms with Gasteiger partial charge >= 0.3 is 12.1 Å². The number of amides is 1. The largest absolute Gasteiger partial charge is 0.476 e. The average Bonchev–Trinajstić information content (AvgIpc) is 3.19. The van der Waals surface area contributed by atoms with E-state index in [4.69, 9.17) is 5.11 Å². The molecule has 134 valence electrons. The number of aromatic nitrogens is 4. The quantitative estimate of drug-likeness (QED) is 0.899. The lowest BCUT2D eigenvalue weighted by Gasteiger charge is -2.33. The number of aryl methyl sites for hydroxylation is 1. The van der Waals surface area contributed by atoms with Crippen molar-refractivity contribution in [2.24, 2.45) is 0 Å². The number of fused-ring (bicyclic) bond motifs is 1. The van der Waals surface area contributed by atoms with Crippen LogP contribution in [0.5, 0.6) is 0 Å². The van der Waals surface area contributed by atoms with E-state index in [2.05, 4.69) is 10.2 Å². The van der Waals surface area contributed by atoms with Gasteiger partial charge in [0.1, 0.15) is 5.82 Å². The van der Waals surface area contributed by atoms with Crippen LogP contribution in [0, 0.1) is 0 Å². The Balaban J connectivity index is 1.69. The number of carboxylic acids is 1. The standard InChI is InChI=1S/C14H14F3N5O3/c15-14(16,17)10-3-8-21(11-1-5-18-22(10)11)12(23)4-7-20-6-2-9(19-20)13(24)25/h1-2,5-6,10H,3-4,7-8H2,(H,24,25). The van der Waals surface area contributed by atoms with Gasteiger partial charge in [-0.1, -0.05) is 0 Å². The molecule has 11 heteroatoms. The number of hydrogen-bond donors (Lipinski definition) is 1. The Morgan fingerprint density at radius 1 is 1.32 bits per heavy atom. The molecule has 0 aromatic carbocycles. The summed E-state index contributed by atoms with van der Waals surface area (Å²) in [5.74, 6) is -1.46. The van der Waals surface area contributed by atoms with Crippen LogP contribution in [0.4, 0.5) is 19.0 Å². The summed E-state index contributed by atoms with van der Waals surface area (Å²) in [6.07, 6.45) is -2.07. The minimum atomic E-state index is -4.43. The summed E-state index contributed by atoms with van der Waals surface area (Å²) >= 11 is 0. The van der Waals surface area contributed by atoms with E-state index in [0.717, 1.165) is 4.68 Å². The van der Waals surface area contributed by atoms with Gasteiger partial charge in [-0.2, -0.15) is 23.4 Å². The summed E-state index contributed by atoms with van der Waals surface area (Å²) in [5, 5.41) is 16.3. The predicted octanol–water partition coefficient (Wildman–Crippen LogP) is 1.71. The highest BCUT2D eigenvalue weighted by Crippen LogP contribution is 2.38. The highest BCUT2D eigenvalue weighted by Gasteiger charge is 2.45. The summed E-state index contributed by atoms with van der Waals surface area (Å²) in [7, 11) is 0. The third kappa shape index (κ3) is 3.35. The maximum atomic E-state index is 13.0. The van der Waals surface area contributed by atoms with Gasteiger partial charge in [-0.05, 0) is 12.5 Å². The van der Waals surface area contributed by atoms with Crippen molar-refractivity contribution in [1.29, 1.82) is 0 Å². The average molecular weight is 357 g/mol. The third-order valence-corrected chi connectivity index (χ3v) is 3.94. The van der Waals surface area contributed by atoms with Gasteiger partial charge in [0.05, 0.1) is 6.20 Å². The van der Waals surface area contributed by atoms with E-state index in [1.54, 1.807) is 0 Å². The van der Waals surface area contributed by atoms with E-state index in [1.807, 2.05) is 0 Å². The highest BCUT2D eigenvalue weighted by molar-refractivity contribution is 5.92. The molecule has 1 aliphatic heterocycles. The molecule has 1 aliphatic rings. The van der Waals surface area contributed by atoms with Crippen molar-refractivity contribution in [2.45, 2.75) is 31.6 Å². The minimum absolute atomic E-state index is 0.0252. The second-order valence-corrected chi connectivity index (χ2v) is 5.54. The molecule has 8 nitrogen and oxygen atoms in total. The molecule has 0 aliphatic carbocycles. The van der Waals surface area contributed by atoms with Crippen LogP contribution in [0.2, 0.25) is 0 Å². The number of carboxylic acid groups (broad SMARTS) is 1. The molecule has 1 atom stereocenters. The zero-order valence-electron chi connectivity index (χ0n) is 12.8. The van der Waals surface area contributed by atoms with Gasteiger partial charge < -0.3 is 5.11 Å². The zero-order chi connectivity index (χ0) is 18.2. The Morgan fingerprint density at radius 2 is 2.08 bits per heavy atom. The second-order valence-electron chi connectivity index (χ2n) is 5.54. The summed E-state index contributed by atoms with van der Waals surface area (Å²) in [5.41, 5.74) is -0.142. The zero-order valence-corrected chi connectivity index (χ0v) is 12.8. The topological polar surface area (TPSA) is 93.2 Å². The fourth-order valence-corrected chi connectivity index (χ4v) is 2.75. The normalized spacial score (nSPS) is 17.4. The number of alkyl halides is 3. The van der Waals surface area contributed by atoms with E-state index in [0.29, 0.717) is 0 Å². The Labute approximate surface area is 139 Å². The molecule has 25 heavy (non-hydrogen) atoms. The number of nitrogens with zero attached hydrogens (tertiary/aromatic N) is 5. The van der Waals surface area contributed by atoms with Crippen LogP contribution in [0.3, 0.4) is 0 Å². The van der Waals surface area contributed by atoms with Gasteiger partial charge in [-0.15, -0.1) is 0 Å². The molecule has 0 spiro atoms. The summed E-state index contributed by atoms with van der Waals surface area (Å²) in [6.45, 7) is 0.0631. The van der Waals surface area contributed by atoms with E-state index in [1.165, 1.54) is 34.1 Å². The lowest BCUT2D eigenvalue weighted by Crippen LogP contribution is -2.43. The molecule has 0 bridgehead atoms. The van der Waals surface area contributed by atoms with Crippen LogP contribution in [-0.2, 0) is 11.3 Å². The number of hydrogen-bond acceptors (Lipinski definition) is 4. The van der Waals surface area contributed by atoms with Crippen LogP contribution in [0.15, 0.2) is 24.5 Å². The molecule has 1 unspecified atom stereocenters. The number of anilines is 1. The maximum Gasteiger partial charge on any atom is 0.410 e. The van der Waals surface area contributed by atoms with Gasteiger partial charge in [0.2, 0.25) is 5.91 Å². The SMILES string of the molecule is O=C(O)c1ccn(CCC(=O)N2CCC(C(F)(F)F)n3nccc32)n1. The van der Waals surface area contributed by atoms with Gasteiger partial charge in [-0.25, -0.2) is 9.48 Å². The van der Waals surface area contributed by atoms with Crippen molar-refractivity contribution in [3.05, 3.63) is 30.2 Å². The summed E-state index contributed by atoms with van der Waals surface area (Å²) in [6, 6.07) is 0.925. The molecule has 2 aromatic heterocycles. The Bertz CT molecular complexity index is 798. The van der Waals surface area contributed by atoms with Crippen molar-refractivity contribution in [2.75, 3.05) is 11.4 Å². The van der Waals surface area contributed by atoms with Crippen molar-refractivity contribution >= 4 is 17.7 Å². The summed E-state index contributed by atoms with van der Waals surface area (Å²) in [4.78, 5) is 24.4. The number of rotatable bonds is 4. The first kappa shape index (κ1) is 17.0. The van der Waals surface area contributed by atoms with E-state index >= 15 is 0 Å². The van der Waals surface area contributed by atoms with Crippen molar-refractivity contribution in [3.63, 3.8) is 0 Å². The van der Waals surface area contributed by atoms with Crippen molar-refractivity contribution < 1.29 is 27.9 Å². The molecule has 1 N–H and O–H groups in total. The van der Waals surface area contributed by atoms with Gasteiger partial charge in [-0.3, -0.25) is 14.4 Å². The first-order valence-electron chi connectivity index (χ1n) is 7.44. The van der Waals surface area contributed by atoms with Crippen LogP contribution in [0.25, 0.3) is 0 Å². The van der Waals surface area contributed by atoms with Crippen molar-refractivity contribution in [1.82, 2.24) is 19.6 Å². The first-order chi connectivity index (χ1) is 11.8. The molecule has 1 amide bonds. The highest BCUT2D eigenvalue weighted by atomic mass is 19.4.